The highest BCUT2D eigenvalue weighted by Crippen LogP contribution is 2.42. The third-order valence-electron chi connectivity index (χ3n) is 5.77. The number of para-hydroxylation sites is 1. The molecule has 0 fully saturated rings. The Morgan fingerprint density at radius 2 is 1.80 bits per heavy atom. The third kappa shape index (κ3) is 3.41. The van der Waals surface area contributed by atoms with E-state index in [9.17, 15) is 14.7 Å². The second-order valence-corrected chi connectivity index (χ2v) is 7.78. The topological polar surface area (TPSA) is 73.4 Å². The number of aliphatic hydroxyl groups is 1. The molecule has 0 aliphatic carbocycles. The highest BCUT2D eigenvalue weighted by atomic mass is 16.3. The summed E-state index contributed by atoms with van der Waals surface area (Å²) in [5.41, 5.74) is 4.02. The van der Waals surface area contributed by atoms with E-state index in [-0.39, 0.29) is 17.8 Å². The third-order valence-corrected chi connectivity index (χ3v) is 5.77. The second kappa shape index (κ2) is 8.19. The minimum Gasteiger partial charge on any atom is -0.503 e. The molecule has 2 aromatic carbocycles. The van der Waals surface area contributed by atoms with Crippen molar-refractivity contribution in [3.8, 4) is 0 Å². The zero-order chi connectivity index (χ0) is 21.3. The molecule has 1 amide bonds. The standard InChI is InChI=1S/C25H26N2O3/c1-3-15-27-23(21-16(2)26-19-12-8-7-11-18(19)21)22(24(29)25(27)30)20(28)14-13-17-9-5-4-6-10-17/h4-12,23,26,29H,3,13-15H2,1-2H3. The zero-order valence-corrected chi connectivity index (χ0v) is 17.3. The Bertz CT molecular complexity index is 1130. The van der Waals surface area contributed by atoms with Gasteiger partial charge in [0.1, 0.15) is 0 Å². The normalized spacial score (nSPS) is 16.7. The van der Waals surface area contributed by atoms with Crippen LogP contribution in [0, 0.1) is 6.92 Å². The Balaban J connectivity index is 1.75. The van der Waals surface area contributed by atoms with Crippen molar-refractivity contribution in [2.75, 3.05) is 6.54 Å². The number of aromatic amines is 1. The van der Waals surface area contributed by atoms with Crippen molar-refractivity contribution in [2.45, 2.75) is 39.2 Å². The lowest BCUT2D eigenvalue weighted by atomic mass is 9.91. The van der Waals surface area contributed by atoms with Gasteiger partial charge in [0.15, 0.2) is 11.5 Å². The molecule has 1 aromatic heterocycles. The van der Waals surface area contributed by atoms with Crippen LogP contribution in [0.5, 0.6) is 0 Å². The van der Waals surface area contributed by atoms with Crippen LogP contribution in [0.4, 0.5) is 0 Å². The molecule has 1 atom stereocenters. The van der Waals surface area contributed by atoms with Crippen LogP contribution >= 0.6 is 0 Å². The van der Waals surface area contributed by atoms with Crippen LogP contribution in [0.25, 0.3) is 10.9 Å². The maximum absolute atomic E-state index is 13.3. The Kier molecular flexibility index (Phi) is 5.44. The number of H-pyrrole nitrogens is 1. The fraction of sp³-hybridized carbons (Fsp3) is 0.280. The number of ketones is 1. The van der Waals surface area contributed by atoms with Gasteiger partial charge >= 0.3 is 0 Å². The van der Waals surface area contributed by atoms with Crippen molar-refractivity contribution in [1.82, 2.24) is 9.88 Å². The molecule has 0 saturated heterocycles. The number of rotatable bonds is 7. The second-order valence-electron chi connectivity index (χ2n) is 7.78. The number of carbonyl (C=O) groups is 2. The summed E-state index contributed by atoms with van der Waals surface area (Å²) in [5, 5.41) is 11.7. The molecule has 5 nitrogen and oxygen atoms in total. The largest absolute Gasteiger partial charge is 0.503 e. The number of carbonyl (C=O) groups excluding carboxylic acids is 2. The fourth-order valence-corrected chi connectivity index (χ4v) is 4.40. The van der Waals surface area contributed by atoms with E-state index in [0.717, 1.165) is 34.1 Å². The molecule has 5 heteroatoms. The van der Waals surface area contributed by atoms with Gasteiger partial charge in [-0.2, -0.15) is 0 Å². The number of aromatic nitrogens is 1. The average molecular weight is 402 g/mol. The highest BCUT2D eigenvalue weighted by Gasteiger charge is 2.44. The van der Waals surface area contributed by atoms with E-state index < -0.39 is 17.7 Å². The van der Waals surface area contributed by atoms with Crippen molar-refractivity contribution in [2.24, 2.45) is 0 Å². The van der Waals surface area contributed by atoms with E-state index in [1.54, 1.807) is 4.90 Å². The van der Waals surface area contributed by atoms with Crippen LogP contribution in [0.2, 0.25) is 0 Å². The number of Topliss-reactive ketones (excluding diaryl/α,β-unsaturated/α-hetero) is 1. The molecule has 2 heterocycles. The van der Waals surface area contributed by atoms with Crippen LogP contribution in [0.15, 0.2) is 65.9 Å². The van der Waals surface area contributed by atoms with E-state index in [1.807, 2.05) is 68.4 Å². The molecule has 0 bridgehead atoms. The first-order valence-electron chi connectivity index (χ1n) is 10.4. The number of hydrogen-bond acceptors (Lipinski definition) is 3. The molecule has 0 radical (unpaired) electrons. The van der Waals surface area contributed by atoms with Gasteiger partial charge in [0.05, 0.1) is 11.6 Å². The molecule has 0 saturated carbocycles. The molecule has 1 aliphatic heterocycles. The minimum atomic E-state index is -0.572. The van der Waals surface area contributed by atoms with Gasteiger partial charge in [-0.3, -0.25) is 9.59 Å². The van der Waals surface area contributed by atoms with E-state index in [0.29, 0.717) is 13.0 Å². The van der Waals surface area contributed by atoms with Crippen molar-refractivity contribution in [3.05, 3.63) is 82.8 Å². The van der Waals surface area contributed by atoms with Crippen molar-refractivity contribution >= 4 is 22.6 Å². The summed E-state index contributed by atoms with van der Waals surface area (Å²) in [6.45, 7) is 4.41. The highest BCUT2D eigenvalue weighted by molar-refractivity contribution is 6.09. The average Bonchev–Trinajstić information content (AvgIpc) is 3.21. The summed E-state index contributed by atoms with van der Waals surface area (Å²) in [5.74, 6) is -1.05. The molecule has 1 unspecified atom stereocenters. The van der Waals surface area contributed by atoms with Gasteiger partial charge in [-0.25, -0.2) is 0 Å². The molecule has 0 spiro atoms. The first-order chi connectivity index (χ1) is 14.5. The van der Waals surface area contributed by atoms with Crippen LogP contribution < -0.4 is 0 Å². The maximum Gasteiger partial charge on any atom is 0.290 e. The Labute approximate surface area is 176 Å². The molecule has 2 N–H and O–H groups in total. The lowest BCUT2D eigenvalue weighted by molar-refractivity contribution is -0.129. The fourth-order valence-electron chi connectivity index (χ4n) is 4.40. The minimum absolute atomic E-state index is 0.182. The Hall–Kier alpha value is -3.34. The zero-order valence-electron chi connectivity index (χ0n) is 17.3. The number of amides is 1. The van der Waals surface area contributed by atoms with E-state index in [4.69, 9.17) is 0 Å². The van der Waals surface area contributed by atoms with E-state index in [2.05, 4.69) is 4.98 Å². The lowest BCUT2D eigenvalue weighted by Gasteiger charge is -2.26. The summed E-state index contributed by atoms with van der Waals surface area (Å²) in [6.07, 6.45) is 1.55. The summed E-state index contributed by atoms with van der Waals surface area (Å²) < 4.78 is 0. The molecule has 154 valence electrons. The van der Waals surface area contributed by atoms with Crippen molar-refractivity contribution in [1.29, 1.82) is 0 Å². The number of hydrogen-bond donors (Lipinski definition) is 2. The number of aliphatic hydroxyl groups excluding tert-OH is 1. The van der Waals surface area contributed by atoms with Crippen LogP contribution in [-0.4, -0.2) is 33.2 Å². The van der Waals surface area contributed by atoms with Gasteiger partial charge in [-0.1, -0.05) is 55.5 Å². The Morgan fingerprint density at radius 3 is 2.53 bits per heavy atom. The summed E-state index contributed by atoms with van der Waals surface area (Å²) in [6, 6.07) is 17.1. The first-order valence-corrected chi connectivity index (χ1v) is 10.4. The number of benzene rings is 2. The number of aryl methyl sites for hydroxylation is 2. The number of nitrogens with zero attached hydrogens (tertiary/aromatic N) is 1. The maximum atomic E-state index is 13.3. The first kappa shape index (κ1) is 20.0. The lowest BCUT2D eigenvalue weighted by Crippen LogP contribution is -2.32. The number of fused-ring (bicyclic) bond motifs is 1. The molecule has 3 aromatic rings. The van der Waals surface area contributed by atoms with Crippen molar-refractivity contribution < 1.29 is 14.7 Å². The van der Waals surface area contributed by atoms with Gasteiger partial charge in [-0.05, 0) is 31.4 Å². The van der Waals surface area contributed by atoms with Crippen LogP contribution in [-0.2, 0) is 16.0 Å². The number of nitrogens with one attached hydrogen (secondary N) is 1. The smallest absolute Gasteiger partial charge is 0.290 e. The van der Waals surface area contributed by atoms with Gasteiger partial charge in [0.2, 0.25) is 0 Å². The van der Waals surface area contributed by atoms with Crippen LogP contribution in [0.1, 0.15) is 42.6 Å². The summed E-state index contributed by atoms with van der Waals surface area (Å²) in [4.78, 5) is 31.2. The molecular formula is C25H26N2O3. The quantitative estimate of drug-likeness (QED) is 0.597. The van der Waals surface area contributed by atoms with Gasteiger partial charge in [0, 0.05) is 35.1 Å². The van der Waals surface area contributed by atoms with Gasteiger partial charge in [0.25, 0.3) is 5.91 Å². The van der Waals surface area contributed by atoms with Crippen LogP contribution in [0.3, 0.4) is 0 Å². The molecule has 30 heavy (non-hydrogen) atoms. The van der Waals surface area contributed by atoms with Gasteiger partial charge in [-0.15, -0.1) is 0 Å². The Morgan fingerprint density at radius 1 is 1.10 bits per heavy atom. The summed E-state index contributed by atoms with van der Waals surface area (Å²) >= 11 is 0. The molecule has 4 rings (SSSR count). The monoisotopic (exact) mass is 402 g/mol. The molecular weight excluding hydrogens is 376 g/mol. The molecule has 1 aliphatic rings. The SMILES string of the molecule is CCCN1C(=O)C(O)=C(C(=O)CCc2ccccc2)C1c1c(C)[nH]c2ccccc12. The predicted molar refractivity (Wildman–Crippen MR) is 117 cm³/mol. The van der Waals surface area contributed by atoms with E-state index >= 15 is 0 Å². The summed E-state index contributed by atoms with van der Waals surface area (Å²) in [7, 11) is 0. The predicted octanol–water partition coefficient (Wildman–Crippen LogP) is 4.78. The van der Waals surface area contributed by atoms with E-state index in [1.165, 1.54) is 0 Å². The van der Waals surface area contributed by atoms with Crippen molar-refractivity contribution in [3.63, 3.8) is 0 Å². The van der Waals surface area contributed by atoms with Gasteiger partial charge < -0.3 is 15.0 Å².